The molecular weight excluding hydrogens is 221 g/mol. The third-order valence-corrected chi connectivity index (χ3v) is 2.56. The molecule has 0 spiro atoms. The second-order valence-corrected chi connectivity index (χ2v) is 3.76. The van der Waals surface area contributed by atoms with Crippen LogP contribution in [0, 0.1) is 0 Å². The second kappa shape index (κ2) is 3.51. The van der Waals surface area contributed by atoms with Gasteiger partial charge in [0.2, 0.25) is 0 Å². The van der Waals surface area contributed by atoms with E-state index in [2.05, 4.69) is 15.7 Å². The Labute approximate surface area is 90.0 Å². The van der Waals surface area contributed by atoms with E-state index in [1.165, 1.54) is 6.07 Å². The number of hydrazine groups is 1. The molecule has 0 radical (unpaired) electrons. The Kier molecular flexibility index (Phi) is 2.42. The van der Waals surface area contributed by atoms with Crippen LogP contribution in [-0.4, -0.2) is 16.7 Å². The van der Waals surface area contributed by atoms with Crippen LogP contribution in [-0.2, 0) is 0 Å². The van der Waals surface area contributed by atoms with Crippen LogP contribution in [0.4, 0.5) is 24.8 Å². The molecule has 1 aromatic heterocycles. The number of nitrogens with zero attached hydrogens (tertiary/aromatic N) is 1. The highest BCUT2D eigenvalue weighted by atomic mass is 19.4. The van der Waals surface area contributed by atoms with Crippen molar-refractivity contribution < 1.29 is 13.2 Å². The van der Waals surface area contributed by atoms with E-state index in [0.717, 1.165) is 0 Å². The van der Waals surface area contributed by atoms with Gasteiger partial charge in [-0.3, -0.25) is 0 Å². The normalized spacial score (nSPS) is 18.0. The number of rotatable bonds is 3. The molecule has 0 atom stereocenters. The van der Waals surface area contributed by atoms with Gasteiger partial charge in [0.15, 0.2) is 0 Å². The number of pyridine rings is 1. The molecule has 1 aromatic rings. The maximum atomic E-state index is 12.6. The monoisotopic (exact) mass is 232 g/mol. The van der Waals surface area contributed by atoms with Gasteiger partial charge in [-0.1, -0.05) is 6.07 Å². The van der Waals surface area contributed by atoms with E-state index < -0.39 is 11.7 Å². The summed E-state index contributed by atoms with van der Waals surface area (Å²) in [4.78, 5) is 3.88. The average molecular weight is 232 g/mol. The molecule has 1 fully saturated rings. The van der Waals surface area contributed by atoms with Gasteiger partial charge in [-0.05, 0) is 25.0 Å². The lowest BCUT2D eigenvalue weighted by atomic mass is 10.2. The molecule has 1 heterocycles. The highest BCUT2D eigenvalue weighted by molar-refractivity contribution is 5.47. The fourth-order valence-corrected chi connectivity index (χ4v) is 1.43. The molecule has 16 heavy (non-hydrogen) atoms. The summed E-state index contributed by atoms with van der Waals surface area (Å²) in [6, 6.07) is 4.63. The summed E-state index contributed by atoms with van der Waals surface area (Å²) in [5, 5.41) is 2.41. The number of hydrogen-bond donors (Lipinski definition) is 3. The van der Waals surface area contributed by atoms with Crippen molar-refractivity contribution in [3.05, 3.63) is 18.2 Å². The van der Waals surface area contributed by atoms with E-state index >= 15 is 0 Å². The molecule has 4 nitrogen and oxygen atoms in total. The lowest BCUT2D eigenvalue weighted by Gasteiger charge is -2.21. The average Bonchev–Trinajstić information content (AvgIpc) is 2.98. The number of alkyl halides is 3. The molecule has 88 valence electrons. The lowest BCUT2D eigenvalue weighted by molar-refractivity contribution is -0.151. The molecule has 0 unspecified atom stereocenters. The van der Waals surface area contributed by atoms with E-state index in [-0.39, 0.29) is 18.7 Å². The van der Waals surface area contributed by atoms with Gasteiger partial charge in [-0.25, -0.2) is 10.8 Å². The molecule has 0 bridgehead atoms. The Morgan fingerprint density at radius 3 is 2.38 bits per heavy atom. The topological polar surface area (TPSA) is 63.0 Å². The molecule has 0 aromatic carbocycles. The maximum absolute atomic E-state index is 12.6. The van der Waals surface area contributed by atoms with Crippen LogP contribution in [0.5, 0.6) is 0 Å². The van der Waals surface area contributed by atoms with E-state index in [9.17, 15) is 13.2 Å². The number of nitrogen functional groups attached to an aromatic ring is 1. The molecule has 0 aliphatic heterocycles. The fraction of sp³-hybridized carbons (Fsp3) is 0.444. The van der Waals surface area contributed by atoms with E-state index in [0.29, 0.717) is 5.82 Å². The number of nitrogens with one attached hydrogen (secondary N) is 2. The van der Waals surface area contributed by atoms with Crippen LogP contribution in [0.15, 0.2) is 18.2 Å². The van der Waals surface area contributed by atoms with Crippen LogP contribution in [0.1, 0.15) is 12.8 Å². The van der Waals surface area contributed by atoms with Crippen LogP contribution >= 0.6 is 0 Å². The number of hydrogen-bond acceptors (Lipinski definition) is 4. The predicted octanol–water partition coefficient (Wildman–Crippen LogP) is 1.87. The van der Waals surface area contributed by atoms with Crippen molar-refractivity contribution in [2.75, 3.05) is 10.7 Å². The molecule has 4 N–H and O–H groups in total. The van der Waals surface area contributed by atoms with Crippen LogP contribution in [0.2, 0.25) is 0 Å². The lowest BCUT2D eigenvalue weighted by Crippen LogP contribution is -2.38. The van der Waals surface area contributed by atoms with E-state index in [1.54, 1.807) is 12.1 Å². The van der Waals surface area contributed by atoms with Gasteiger partial charge in [0.05, 0.1) is 0 Å². The molecule has 0 amide bonds. The number of anilines is 2. The minimum atomic E-state index is -4.25. The largest absolute Gasteiger partial charge is 0.411 e. The zero-order chi connectivity index (χ0) is 11.8. The van der Waals surface area contributed by atoms with Gasteiger partial charge in [0.25, 0.3) is 0 Å². The van der Waals surface area contributed by atoms with E-state index in [4.69, 9.17) is 5.84 Å². The minimum absolute atomic E-state index is 0.0818. The van der Waals surface area contributed by atoms with Crippen molar-refractivity contribution in [3.63, 3.8) is 0 Å². The van der Waals surface area contributed by atoms with Gasteiger partial charge in [-0.2, -0.15) is 13.2 Å². The van der Waals surface area contributed by atoms with Crippen molar-refractivity contribution in [1.82, 2.24) is 4.98 Å². The first-order chi connectivity index (χ1) is 7.47. The zero-order valence-electron chi connectivity index (χ0n) is 8.30. The first-order valence-electron chi connectivity index (χ1n) is 4.75. The minimum Gasteiger partial charge on any atom is -0.356 e. The van der Waals surface area contributed by atoms with Crippen molar-refractivity contribution in [3.8, 4) is 0 Å². The highest BCUT2D eigenvalue weighted by Gasteiger charge is 2.63. The van der Waals surface area contributed by atoms with Gasteiger partial charge in [-0.15, -0.1) is 0 Å². The first-order valence-corrected chi connectivity index (χ1v) is 4.75. The van der Waals surface area contributed by atoms with Crippen LogP contribution in [0.3, 0.4) is 0 Å². The summed E-state index contributed by atoms with van der Waals surface area (Å²) in [5.74, 6) is 5.62. The Hall–Kier alpha value is -1.50. The second-order valence-electron chi connectivity index (χ2n) is 3.76. The summed E-state index contributed by atoms with van der Waals surface area (Å²) in [5.41, 5.74) is 0.482. The molecule has 2 rings (SSSR count). The van der Waals surface area contributed by atoms with E-state index in [1.807, 2.05) is 0 Å². The zero-order valence-corrected chi connectivity index (χ0v) is 8.30. The number of halogens is 3. The van der Waals surface area contributed by atoms with Crippen molar-refractivity contribution in [2.24, 2.45) is 5.84 Å². The van der Waals surface area contributed by atoms with Crippen molar-refractivity contribution in [1.29, 1.82) is 0 Å². The summed E-state index contributed by atoms with van der Waals surface area (Å²) in [6.45, 7) is 0. The SMILES string of the molecule is NNc1cccc(NC2(C(F)(F)F)CC2)n1. The summed E-state index contributed by atoms with van der Waals surface area (Å²) >= 11 is 0. The molecule has 1 saturated carbocycles. The predicted molar refractivity (Wildman–Crippen MR) is 53.7 cm³/mol. The Balaban J connectivity index is 2.15. The van der Waals surface area contributed by atoms with Crippen molar-refractivity contribution >= 4 is 11.6 Å². The maximum Gasteiger partial charge on any atom is 0.411 e. The van der Waals surface area contributed by atoms with Gasteiger partial charge >= 0.3 is 6.18 Å². The van der Waals surface area contributed by atoms with Crippen molar-refractivity contribution in [2.45, 2.75) is 24.6 Å². The summed E-state index contributed by atoms with van der Waals surface area (Å²) in [7, 11) is 0. The third-order valence-electron chi connectivity index (χ3n) is 2.56. The molecule has 0 saturated heterocycles. The quantitative estimate of drug-likeness (QED) is 0.550. The third kappa shape index (κ3) is 1.90. The Bertz CT molecular complexity index is 387. The summed E-state index contributed by atoms with van der Waals surface area (Å²) < 4.78 is 37.9. The Morgan fingerprint density at radius 1 is 1.25 bits per heavy atom. The van der Waals surface area contributed by atoms with Crippen LogP contribution in [0.25, 0.3) is 0 Å². The first kappa shape index (κ1) is 11.0. The standard InChI is InChI=1S/C9H11F3N4/c10-9(11,12)8(4-5-8)15-6-2-1-3-7(14-6)16-13/h1-3H,4-5,13H2,(H2,14,15,16). The van der Waals surface area contributed by atoms with Crippen LogP contribution < -0.4 is 16.6 Å². The Morgan fingerprint density at radius 2 is 1.88 bits per heavy atom. The highest BCUT2D eigenvalue weighted by Crippen LogP contribution is 2.50. The fourth-order valence-electron chi connectivity index (χ4n) is 1.43. The van der Waals surface area contributed by atoms with Gasteiger partial charge in [0.1, 0.15) is 17.2 Å². The smallest absolute Gasteiger partial charge is 0.356 e. The molecule has 7 heteroatoms. The molecule has 1 aliphatic rings. The summed E-state index contributed by atoms with van der Waals surface area (Å²) in [6.07, 6.45) is -4.09. The molecular formula is C9H11F3N4. The number of nitrogens with two attached hydrogens (primary N) is 1. The van der Waals surface area contributed by atoms with Gasteiger partial charge < -0.3 is 10.7 Å². The van der Waals surface area contributed by atoms with Gasteiger partial charge in [0, 0.05) is 0 Å². The molecule has 1 aliphatic carbocycles. The number of aromatic nitrogens is 1.